The van der Waals surface area contributed by atoms with Gasteiger partial charge in [0.25, 0.3) is 0 Å². The summed E-state index contributed by atoms with van der Waals surface area (Å²) in [7, 11) is 1.48. The van der Waals surface area contributed by atoms with Crippen molar-refractivity contribution in [2.45, 2.75) is 19.7 Å². The number of rotatable bonds is 6. The molecule has 0 aromatic heterocycles. The Balaban J connectivity index is 0.00000338. The molecule has 0 amide bonds. The molecule has 0 fully saturated rings. The van der Waals surface area contributed by atoms with Gasteiger partial charge in [0, 0.05) is 31.3 Å². The SMILES string of the molecule is CN=C(NCc1ccccc1F)NCc1c(F)cccc1OC(F)F.I. The second kappa shape index (κ2) is 10.8. The van der Waals surface area contributed by atoms with Gasteiger partial charge in [-0.05, 0) is 18.2 Å². The topological polar surface area (TPSA) is 45.7 Å². The maximum Gasteiger partial charge on any atom is 0.387 e. The molecule has 4 nitrogen and oxygen atoms in total. The quantitative estimate of drug-likeness (QED) is 0.282. The van der Waals surface area contributed by atoms with Crippen molar-refractivity contribution in [1.82, 2.24) is 10.6 Å². The minimum atomic E-state index is -3.06. The second-order valence-electron chi connectivity index (χ2n) is 4.97. The number of nitrogens with zero attached hydrogens (tertiary/aromatic N) is 1. The highest BCUT2D eigenvalue weighted by Crippen LogP contribution is 2.23. The number of alkyl halides is 2. The molecule has 0 radical (unpaired) electrons. The Kier molecular flexibility index (Phi) is 9.17. The fourth-order valence-corrected chi connectivity index (χ4v) is 2.13. The summed E-state index contributed by atoms with van der Waals surface area (Å²) < 4.78 is 56.6. The van der Waals surface area contributed by atoms with E-state index in [4.69, 9.17) is 0 Å². The van der Waals surface area contributed by atoms with Crippen molar-refractivity contribution in [2.24, 2.45) is 4.99 Å². The van der Waals surface area contributed by atoms with Crippen molar-refractivity contribution in [1.29, 1.82) is 0 Å². The molecule has 0 saturated heterocycles. The fraction of sp³-hybridized carbons (Fsp3) is 0.235. The van der Waals surface area contributed by atoms with E-state index in [0.29, 0.717) is 5.56 Å². The van der Waals surface area contributed by atoms with Gasteiger partial charge in [-0.3, -0.25) is 4.99 Å². The zero-order valence-electron chi connectivity index (χ0n) is 13.8. The first-order chi connectivity index (χ1) is 12.0. The van der Waals surface area contributed by atoms with E-state index in [2.05, 4.69) is 20.4 Å². The molecule has 0 aliphatic heterocycles. The summed E-state index contributed by atoms with van der Waals surface area (Å²) in [5.74, 6) is -1.05. The Morgan fingerprint density at radius 2 is 1.65 bits per heavy atom. The Morgan fingerprint density at radius 3 is 2.31 bits per heavy atom. The summed E-state index contributed by atoms with van der Waals surface area (Å²) in [5, 5.41) is 5.65. The van der Waals surface area contributed by atoms with Crippen LogP contribution in [0.25, 0.3) is 0 Å². The summed E-state index contributed by atoms with van der Waals surface area (Å²) in [4.78, 5) is 3.93. The predicted octanol–water partition coefficient (Wildman–Crippen LogP) is 4.05. The first kappa shape index (κ1) is 22.0. The fourth-order valence-electron chi connectivity index (χ4n) is 2.13. The molecular formula is C17H18F4IN3O. The lowest BCUT2D eigenvalue weighted by Crippen LogP contribution is -2.36. The van der Waals surface area contributed by atoms with E-state index < -0.39 is 12.4 Å². The van der Waals surface area contributed by atoms with Crippen LogP contribution < -0.4 is 15.4 Å². The summed E-state index contributed by atoms with van der Waals surface area (Å²) >= 11 is 0. The zero-order chi connectivity index (χ0) is 18.2. The van der Waals surface area contributed by atoms with Crippen LogP contribution in [-0.2, 0) is 13.1 Å². The third-order valence-electron chi connectivity index (χ3n) is 3.35. The number of aliphatic imine (C=N–C) groups is 1. The number of hydrogen-bond donors (Lipinski definition) is 2. The third kappa shape index (κ3) is 6.36. The molecule has 0 unspecified atom stereocenters. The lowest BCUT2D eigenvalue weighted by atomic mass is 10.2. The molecule has 0 aliphatic carbocycles. The first-order valence-electron chi connectivity index (χ1n) is 7.41. The van der Waals surface area contributed by atoms with Crippen molar-refractivity contribution in [3.05, 3.63) is 65.2 Å². The molecule has 0 saturated carbocycles. The smallest absolute Gasteiger partial charge is 0.387 e. The van der Waals surface area contributed by atoms with E-state index in [0.717, 1.165) is 6.07 Å². The van der Waals surface area contributed by atoms with Crippen molar-refractivity contribution in [2.75, 3.05) is 7.05 Å². The molecule has 26 heavy (non-hydrogen) atoms. The molecule has 2 N–H and O–H groups in total. The van der Waals surface area contributed by atoms with Crippen LogP contribution in [0.4, 0.5) is 17.6 Å². The minimum absolute atomic E-state index is 0. The van der Waals surface area contributed by atoms with Crippen molar-refractivity contribution in [3.8, 4) is 5.75 Å². The molecule has 2 aromatic carbocycles. The van der Waals surface area contributed by atoms with Gasteiger partial charge in [0.05, 0.1) is 0 Å². The van der Waals surface area contributed by atoms with Crippen LogP contribution in [-0.4, -0.2) is 19.6 Å². The second-order valence-corrected chi connectivity index (χ2v) is 4.97. The van der Waals surface area contributed by atoms with Gasteiger partial charge in [-0.25, -0.2) is 8.78 Å². The minimum Gasteiger partial charge on any atom is -0.434 e. The number of guanidine groups is 1. The highest BCUT2D eigenvalue weighted by Gasteiger charge is 2.14. The maximum atomic E-state index is 13.9. The molecule has 0 heterocycles. The maximum absolute atomic E-state index is 13.9. The highest BCUT2D eigenvalue weighted by atomic mass is 127. The number of ether oxygens (including phenoxy) is 1. The van der Waals surface area contributed by atoms with Crippen LogP contribution in [0.5, 0.6) is 5.75 Å². The van der Waals surface area contributed by atoms with Crippen molar-refractivity contribution >= 4 is 29.9 Å². The van der Waals surface area contributed by atoms with Gasteiger partial charge >= 0.3 is 6.61 Å². The van der Waals surface area contributed by atoms with E-state index in [1.54, 1.807) is 18.2 Å². The number of benzene rings is 2. The normalized spacial score (nSPS) is 11.1. The van der Waals surface area contributed by atoms with Crippen LogP contribution >= 0.6 is 24.0 Å². The van der Waals surface area contributed by atoms with Gasteiger partial charge in [0.15, 0.2) is 5.96 Å². The number of hydrogen-bond acceptors (Lipinski definition) is 2. The van der Waals surface area contributed by atoms with E-state index in [1.165, 1.54) is 25.2 Å². The molecular weight excluding hydrogens is 465 g/mol. The Bertz CT molecular complexity index is 744. The van der Waals surface area contributed by atoms with E-state index in [-0.39, 0.29) is 60.2 Å². The first-order valence-corrected chi connectivity index (χ1v) is 7.41. The number of nitrogens with one attached hydrogen (secondary N) is 2. The predicted molar refractivity (Wildman–Crippen MR) is 102 cm³/mol. The van der Waals surface area contributed by atoms with E-state index >= 15 is 0 Å². The lowest BCUT2D eigenvalue weighted by Gasteiger charge is -2.15. The Hall–Kier alpha value is -2.04. The van der Waals surface area contributed by atoms with Crippen molar-refractivity contribution in [3.63, 3.8) is 0 Å². The summed E-state index contributed by atoms with van der Waals surface area (Å²) in [6.07, 6.45) is 0. The van der Waals surface area contributed by atoms with Crippen LogP contribution in [0.2, 0.25) is 0 Å². The van der Waals surface area contributed by atoms with Crippen molar-refractivity contribution < 1.29 is 22.3 Å². The lowest BCUT2D eigenvalue weighted by molar-refractivity contribution is -0.0506. The average molecular weight is 483 g/mol. The van der Waals surface area contributed by atoms with E-state index in [9.17, 15) is 17.6 Å². The van der Waals surface area contributed by atoms with Crippen LogP contribution in [0.15, 0.2) is 47.5 Å². The van der Waals surface area contributed by atoms with Crippen LogP contribution in [0.1, 0.15) is 11.1 Å². The molecule has 0 aliphatic rings. The van der Waals surface area contributed by atoms with Gasteiger partial charge in [0.2, 0.25) is 0 Å². The van der Waals surface area contributed by atoms with Gasteiger partial charge in [-0.15, -0.1) is 24.0 Å². The van der Waals surface area contributed by atoms with E-state index in [1.807, 2.05) is 0 Å². The highest BCUT2D eigenvalue weighted by molar-refractivity contribution is 14.0. The van der Waals surface area contributed by atoms with Gasteiger partial charge in [0.1, 0.15) is 17.4 Å². The number of halogens is 5. The average Bonchev–Trinajstić information content (AvgIpc) is 2.57. The molecule has 0 atom stereocenters. The van der Waals surface area contributed by atoms with Gasteiger partial charge in [-0.2, -0.15) is 8.78 Å². The van der Waals surface area contributed by atoms with Gasteiger partial charge < -0.3 is 15.4 Å². The Morgan fingerprint density at radius 1 is 1.00 bits per heavy atom. The van der Waals surface area contributed by atoms with Gasteiger partial charge in [-0.1, -0.05) is 24.3 Å². The largest absolute Gasteiger partial charge is 0.434 e. The Labute approximate surface area is 165 Å². The zero-order valence-corrected chi connectivity index (χ0v) is 16.1. The molecule has 0 spiro atoms. The van der Waals surface area contributed by atoms with Crippen LogP contribution in [0, 0.1) is 11.6 Å². The van der Waals surface area contributed by atoms with Crippen LogP contribution in [0.3, 0.4) is 0 Å². The third-order valence-corrected chi connectivity index (χ3v) is 3.35. The molecule has 2 aromatic rings. The summed E-state index contributed by atoms with van der Waals surface area (Å²) in [6, 6.07) is 9.90. The standard InChI is InChI=1S/C17H17F4N3O.HI/c1-22-17(23-9-11-5-2-3-6-13(11)18)24-10-12-14(19)7-4-8-15(12)25-16(20)21;/h2-8,16H,9-10H2,1H3,(H2,22,23,24);1H. The molecule has 9 heteroatoms. The molecule has 0 bridgehead atoms. The monoisotopic (exact) mass is 483 g/mol. The summed E-state index contributed by atoms with van der Waals surface area (Å²) in [6.45, 7) is -3.03. The molecule has 142 valence electrons. The summed E-state index contributed by atoms with van der Waals surface area (Å²) in [5.41, 5.74) is 0.370. The molecule has 2 rings (SSSR count).